The van der Waals surface area contributed by atoms with Crippen LogP contribution in [0.2, 0.25) is 0 Å². The third kappa shape index (κ3) is 1.42. The van der Waals surface area contributed by atoms with E-state index < -0.39 is 0 Å². The zero-order valence-corrected chi connectivity index (χ0v) is 7.72. The van der Waals surface area contributed by atoms with E-state index in [1.165, 1.54) is 11.5 Å². The Morgan fingerprint density at radius 1 is 1.50 bits per heavy atom. The largest absolute Gasteiger partial charge is 0.363 e. The molecule has 0 spiro atoms. The van der Waals surface area contributed by atoms with Gasteiger partial charge in [-0.1, -0.05) is 0 Å². The van der Waals surface area contributed by atoms with Crippen LogP contribution < -0.4 is 5.32 Å². The zero-order valence-electron chi connectivity index (χ0n) is 6.90. The van der Waals surface area contributed by atoms with E-state index in [1.807, 2.05) is 14.0 Å². The molecule has 6 heteroatoms. The molecule has 64 valence electrons. The summed E-state index contributed by atoms with van der Waals surface area (Å²) >= 11 is 1.36. The predicted octanol–water partition coefficient (Wildman–Crippen LogP) is 1.30. The highest BCUT2D eigenvalue weighted by Crippen LogP contribution is 2.30. The van der Waals surface area contributed by atoms with Gasteiger partial charge < -0.3 is 5.32 Å². The molecule has 0 amide bonds. The van der Waals surface area contributed by atoms with Gasteiger partial charge in [-0.3, -0.25) is 0 Å². The summed E-state index contributed by atoms with van der Waals surface area (Å²) in [7, 11) is 1.83. The van der Waals surface area contributed by atoms with Crippen LogP contribution in [0.4, 0.5) is 5.13 Å². The van der Waals surface area contributed by atoms with Gasteiger partial charge in [0.2, 0.25) is 5.13 Å². The van der Waals surface area contributed by atoms with Crippen LogP contribution in [0, 0.1) is 0 Å². The smallest absolute Gasteiger partial charge is 0.202 e. The molecule has 0 unspecified atom stereocenters. The molecule has 0 aliphatic carbocycles. The molecule has 1 aliphatic rings. The third-order valence-corrected chi connectivity index (χ3v) is 2.39. The summed E-state index contributed by atoms with van der Waals surface area (Å²) in [4.78, 5) is 4.23. The van der Waals surface area contributed by atoms with E-state index >= 15 is 0 Å². The highest BCUT2D eigenvalue weighted by atomic mass is 32.1. The lowest BCUT2D eigenvalue weighted by atomic mass is 10.2. The first-order valence-electron chi connectivity index (χ1n) is 3.66. The van der Waals surface area contributed by atoms with Crippen molar-refractivity contribution >= 4 is 16.7 Å². The minimum absolute atomic E-state index is 0.230. The molecule has 0 radical (unpaired) electrons. The first-order valence-corrected chi connectivity index (χ1v) is 4.44. The first-order chi connectivity index (χ1) is 5.72. The van der Waals surface area contributed by atoms with Gasteiger partial charge in [-0.25, -0.2) is 4.98 Å². The Bertz CT molecular complexity index is 311. The quantitative estimate of drug-likeness (QED) is 0.768. The average Bonchev–Trinajstić information content (AvgIpc) is 2.63. The van der Waals surface area contributed by atoms with E-state index in [2.05, 4.69) is 24.9 Å². The van der Waals surface area contributed by atoms with Gasteiger partial charge in [0.1, 0.15) is 5.82 Å². The standard InChI is InChI=1S/C6H9N5S/c1-6(10-11-6)3-4-8-5(7-2)12-9-4/h3H2,1-2H3,(H,7,8,9). The van der Waals surface area contributed by atoms with Gasteiger partial charge >= 0.3 is 0 Å². The molecule has 0 fully saturated rings. The van der Waals surface area contributed by atoms with E-state index in [9.17, 15) is 0 Å². The lowest BCUT2D eigenvalue weighted by Crippen LogP contribution is -2.09. The third-order valence-electron chi connectivity index (χ3n) is 1.62. The molecule has 0 atom stereocenters. The molecular formula is C6H9N5S. The van der Waals surface area contributed by atoms with Gasteiger partial charge in [-0.15, -0.1) is 0 Å². The van der Waals surface area contributed by atoms with Crippen molar-refractivity contribution in [2.24, 2.45) is 10.2 Å². The van der Waals surface area contributed by atoms with Crippen LogP contribution in [0.25, 0.3) is 0 Å². The summed E-state index contributed by atoms with van der Waals surface area (Å²) in [6, 6.07) is 0. The fourth-order valence-corrected chi connectivity index (χ4v) is 1.42. The van der Waals surface area contributed by atoms with Gasteiger partial charge in [-0.05, 0) is 6.92 Å². The minimum Gasteiger partial charge on any atom is -0.363 e. The first kappa shape index (κ1) is 7.60. The van der Waals surface area contributed by atoms with Crippen LogP contribution in [0.1, 0.15) is 12.7 Å². The monoisotopic (exact) mass is 183 g/mol. The lowest BCUT2D eigenvalue weighted by molar-refractivity contribution is 0.642. The van der Waals surface area contributed by atoms with Gasteiger partial charge in [0.25, 0.3) is 0 Å². The van der Waals surface area contributed by atoms with E-state index in [-0.39, 0.29) is 5.66 Å². The van der Waals surface area contributed by atoms with Crippen molar-refractivity contribution in [3.05, 3.63) is 5.82 Å². The Morgan fingerprint density at radius 3 is 2.75 bits per heavy atom. The Labute approximate surface area is 74.1 Å². The van der Waals surface area contributed by atoms with Crippen molar-refractivity contribution in [3.63, 3.8) is 0 Å². The maximum atomic E-state index is 4.23. The lowest BCUT2D eigenvalue weighted by Gasteiger charge is -1.96. The van der Waals surface area contributed by atoms with E-state index in [1.54, 1.807) is 0 Å². The van der Waals surface area contributed by atoms with Crippen LogP contribution in [0.3, 0.4) is 0 Å². The second-order valence-corrected chi connectivity index (χ2v) is 3.61. The molecule has 1 aromatic rings. The highest BCUT2D eigenvalue weighted by Gasteiger charge is 2.35. The number of rotatable bonds is 3. The molecule has 2 heterocycles. The fraction of sp³-hybridized carbons (Fsp3) is 0.667. The average molecular weight is 183 g/mol. The molecule has 1 aliphatic heterocycles. The molecule has 2 rings (SSSR count). The molecule has 0 saturated heterocycles. The van der Waals surface area contributed by atoms with Crippen LogP contribution >= 0.6 is 11.5 Å². The van der Waals surface area contributed by atoms with Crippen molar-refractivity contribution in [2.75, 3.05) is 12.4 Å². The normalized spacial score (nSPS) is 17.8. The minimum atomic E-state index is -0.230. The summed E-state index contributed by atoms with van der Waals surface area (Å²) in [5.74, 6) is 0.817. The van der Waals surface area contributed by atoms with Crippen LogP contribution in [-0.2, 0) is 6.42 Å². The molecule has 0 saturated carbocycles. The number of aromatic nitrogens is 2. The zero-order chi connectivity index (χ0) is 8.60. The maximum Gasteiger partial charge on any atom is 0.202 e. The van der Waals surface area contributed by atoms with Crippen molar-refractivity contribution in [2.45, 2.75) is 19.0 Å². The Balaban J connectivity index is 2.03. The molecule has 0 bridgehead atoms. The van der Waals surface area contributed by atoms with Crippen LogP contribution in [-0.4, -0.2) is 22.1 Å². The van der Waals surface area contributed by atoms with Crippen molar-refractivity contribution in [3.8, 4) is 0 Å². The van der Waals surface area contributed by atoms with Crippen molar-refractivity contribution < 1.29 is 0 Å². The van der Waals surface area contributed by atoms with Crippen molar-refractivity contribution in [1.82, 2.24) is 9.36 Å². The number of nitrogens with one attached hydrogen (secondary N) is 1. The maximum absolute atomic E-state index is 4.23. The predicted molar refractivity (Wildman–Crippen MR) is 46.4 cm³/mol. The summed E-state index contributed by atoms with van der Waals surface area (Å²) in [5.41, 5.74) is -0.230. The Morgan fingerprint density at radius 2 is 2.25 bits per heavy atom. The molecule has 12 heavy (non-hydrogen) atoms. The fourth-order valence-electron chi connectivity index (χ4n) is 0.883. The topological polar surface area (TPSA) is 62.5 Å². The van der Waals surface area contributed by atoms with Crippen molar-refractivity contribution in [1.29, 1.82) is 0 Å². The van der Waals surface area contributed by atoms with Gasteiger partial charge in [0, 0.05) is 18.6 Å². The number of hydrogen-bond donors (Lipinski definition) is 1. The molecule has 5 nitrogen and oxygen atoms in total. The van der Waals surface area contributed by atoms with E-state index in [4.69, 9.17) is 0 Å². The number of anilines is 1. The number of hydrogen-bond acceptors (Lipinski definition) is 6. The second kappa shape index (κ2) is 2.48. The Hall–Kier alpha value is -1.04. The summed E-state index contributed by atoms with van der Waals surface area (Å²) < 4.78 is 4.16. The van der Waals surface area contributed by atoms with Gasteiger partial charge in [0.05, 0.1) is 6.42 Å². The number of nitrogens with zero attached hydrogens (tertiary/aromatic N) is 4. The van der Waals surface area contributed by atoms with Crippen LogP contribution in [0.15, 0.2) is 10.2 Å². The molecule has 1 aromatic heterocycles. The van der Waals surface area contributed by atoms with E-state index in [0.29, 0.717) is 6.42 Å². The summed E-state index contributed by atoms with van der Waals surface area (Å²) in [6.45, 7) is 1.97. The second-order valence-electron chi connectivity index (χ2n) is 2.86. The van der Waals surface area contributed by atoms with Gasteiger partial charge in [0.15, 0.2) is 5.66 Å². The van der Waals surface area contributed by atoms with E-state index in [0.717, 1.165) is 11.0 Å². The van der Waals surface area contributed by atoms with Crippen LogP contribution in [0.5, 0.6) is 0 Å². The molecule has 0 aromatic carbocycles. The SMILES string of the molecule is CNc1nc(CC2(C)N=N2)ns1. The summed E-state index contributed by atoms with van der Waals surface area (Å²) in [5, 5.41) is 11.6. The summed E-state index contributed by atoms with van der Waals surface area (Å²) in [6.07, 6.45) is 0.713. The highest BCUT2D eigenvalue weighted by molar-refractivity contribution is 7.09. The molecule has 1 N–H and O–H groups in total. The molecular weight excluding hydrogens is 174 g/mol. The Kier molecular flexibility index (Phi) is 1.57. The van der Waals surface area contributed by atoms with Gasteiger partial charge in [-0.2, -0.15) is 14.6 Å².